The smallest absolute Gasteiger partial charge is 0.271 e. The first-order valence-corrected chi connectivity index (χ1v) is 6.38. The van der Waals surface area contributed by atoms with Crippen LogP contribution in [0.5, 0.6) is 0 Å². The topological polar surface area (TPSA) is 50.2 Å². The van der Waals surface area contributed by atoms with Crippen LogP contribution in [0.3, 0.4) is 0 Å². The van der Waals surface area contributed by atoms with Crippen molar-refractivity contribution in [3.05, 3.63) is 33.9 Å². The summed E-state index contributed by atoms with van der Waals surface area (Å²) in [5.41, 5.74) is 1.86. The monoisotopic (exact) mass is 247 g/mol. The summed E-state index contributed by atoms with van der Waals surface area (Å²) in [7, 11) is 0. The van der Waals surface area contributed by atoms with Crippen LogP contribution in [-0.4, -0.2) is 14.6 Å². The first-order chi connectivity index (χ1) is 8.26. The molecule has 0 fully saturated rings. The second-order valence-electron chi connectivity index (χ2n) is 6.38. The molecule has 0 saturated heterocycles. The maximum Gasteiger partial charge on any atom is 0.271 e. The second kappa shape index (κ2) is 4.26. The third-order valence-electron chi connectivity index (χ3n) is 2.89. The van der Waals surface area contributed by atoms with Crippen LogP contribution in [0.2, 0.25) is 0 Å². The first-order valence-electron chi connectivity index (χ1n) is 6.38. The molecule has 2 heterocycles. The molecule has 0 aliphatic carbocycles. The number of fused-ring (bicyclic) bond motifs is 1. The molecule has 0 radical (unpaired) electrons. The molecule has 0 amide bonds. The van der Waals surface area contributed by atoms with E-state index in [1.54, 1.807) is 6.07 Å². The van der Waals surface area contributed by atoms with Crippen LogP contribution in [0.15, 0.2) is 16.9 Å². The molecular formula is C14H21N3O. The summed E-state index contributed by atoms with van der Waals surface area (Å²) in [6, 6.07) is 3.66. The fourth-order valence-corrected chi connectivity index (χ4v) is 1.98. The Morgan fingerprint density at radius 3 is 2.56 bits per heavy atom. The van der Waals surface area contributed by atoms with Gasteiger partial charge in [0.1, 0.15) is 5.82 Å². The number of pyridine rings is 1. The molecule has 0 aromatic carbocycles. The van der Waals surface area contributed by atoms with E-state index in [-0.39, 0.29) is 11.0 Å². The van der Waals surface area contributed by atoms with Crippen molar-refractivity contribution in [1.29, 1.82) is 0 Å². The van der Waals surface area contributed by atoms with Crippen LogP contribution < -0.4 is 5.56 Å². The minimum absolute atomic E-state index is 0.0381. The number of nitrogens with zero attached hydrogens (tertiary/aromatic N) is 2. The van der Waals surface area contributed by atoms with Gasteiger partial charge in [0.2, 0.25) is 0 Å². The Balaban J connectivity index is 2.51. The lowest BCUT2D eigenvalue weighted by atomic mass is 9.92. The van der Waals surface area contributed by atoms with E-state index in [4.69, 9.17) is 0 Å². The Hall–Kier alpha value is -1.58. The zero-order valence-corrected chi connectivity index (χ0v) is 11.7. The molecule has 98 valence electrons. The standard InChI is InChI=1S/C14H21N3O/c1-9(2)10-6-12-15-11(8-14(3,4)5)16-17(12)13(18)7-10/h6-7,9H,8H2,1-5H3,(H,15,16). The van der Waals surface area contributed by atoms with Crippen molar-refractivity contribution in [2.75, 3.05) is 0 Å². The van der Waals surface area contributed by atoms with Crippen molar-refractivity contribution >= 4 is 5.65 Å². The van der Waals surface area contributed by atoms with E-state index in [1.807, 2.05) is 6.07 Å². The number of nitrogens with one attached hydrogen (secondary N) is 1. The van der Waals surface area contributed by atoms with Gasteiger partial charge in [0.25, 0.3) is 5.56 Å². The number of H-pyrrole nitrogens is 1. The molecule has 2 rings (SSSR count). The first kappa shape index (κ1) is 12.9. The molecule has 0 aliphatic heterocycles. The van der Waals surface area contributed by atoms with Gasteiger partial charge in [-0.2, -0.15) is 0 Å². The van der Waals surface area contributed by atoms with Gasteiger partial charge in [0.15, 0.2) is 5.65 Å². The number of rotatable bonds is 2. The van der Waals surface area contributed by atoms with Gasteiger partial charge in [-0.25, -0.2) is 9.50 Å². The number of hydrogen-bond acceptors (Lipinski definition) is 2. The summed E-state index contributed by atoms with van der Waals surface area (Å²) in [6.45, 7) is 10.6. The van der Waals surface area contributed by atoms with Gasteiger partial charge in [-0.15, -0.1) is 0 Å². The Kier molecular flexibility index (Phi) is 3.05. The Morgan fingerprint density at radius 2 is 2.00 bits per heavy atom. The van der Waals surface area contributed by atoms with Crippen molar-refractivity contribution in [2.45, 2.75) is 47.0 Å². The Morgan fingerprint density at radius 1 is 1.33 bits per heavy atom. The second-order valence-corrected chi connectivity index (χ2v) is 6.38. The molecule has 18 heavy (non-hydrogen) atoms. The van der Waals surface area contributed by atoms with Crippen LogP contribution in [0, 0.1) is 5.41 Å². The van der Waals surface area contributed by atoms with E-state index in [0.29, 0.717) is 11.6 Å². The number of aromatic amines is 1. The fraction of sp³-hybridized carbons (Fsp3) is 0.571. The van der Waals surface area contributed by atoms with Crippen molar-refractivity contribution in [2.24, 2.45) is 5.41 Å². The van der Waals surface area contributed by atoms with Gasteiger partial charge in [0.05, 0.1) is 0 Å². The average Bonchev–Trinajstić information content (AvgIpc) is 2.57. The maximum atomic E-state index is 12.0. The van der Waals surface area contributed by atoms with Gasteiger partial charge < -0.3 is 0 Å². The summed E-state index contributed by atoms with van der Waals surface area (Å²) in [4.78, 5) is 16.5. The normalized spacial score (nSPS) is 12.6. The lowest BCUT2D eigenvalue weighted by Crippen LogP contribution is -2.15. The van der Waals surface area contributed by atoms with Gasteiger partial charge in [0, 0.05) is 12.5 Å². The summed E-state index contributed by atoms with van der Waals surface area (Å²) in [6.07, 6.45) is 0.825. The van der Waals surface area contributed by atoms with Gasteiger partial charge in [-0.3, -0.25) is 9.89 Å². The quantitative estimate of drug-likeness (QED) is 0.887. The summed E-state index contributed by atoms with van der Waals surface area (Å²) in [5.74, 6) is 1.20. The Labute approximate surface area is 107 Å². The molecule has 4 nitrogen and oxygen atoms in total. The Bertz CT molecular complexity index is 614. The van der Waals surface area contributed by atoms with Crippen LogP contribution in [0.25, 0.3) is 5.65 Å². The highest BCUT2D eigenvalue weighted by atomic mass is 16.1. The highest BCUT2D eigenvalue weighted by Crippen LogP contribution is 2.19. The third kappa shape index (κ3) is 2.63. The van der Waals surface area contributed by atoms with E-state index in [9.17, 15) is 4.79 Å². The fourth-order valence-electron chi connectivity index (χ4n) is 1.98. The molecule has 0 spiro atoms. The maximum absolute atomic E-state index is 12.0. The molecule has 0 unspecified atom stereocenters. The van der Waals surface area contributed by atoms with E-state index >= 15 is 0 Å². The van der Waals surface area contributed by atoms with Gasteiger partial charge in [-0.05, 0) is 23.0 Å². The van der Waals surface area contributed by atoms with Crippen LogP contribution in [-0.2, 0) is 6.42 Å². The van der Waals surface area contributed by atoms with Crippen molar-refractivity contribution in [3.63, 3.8) is 0 Å². The molecule has 0 bridgehead atoms. The molecule has 0 atom stereocenters. The molecular weight excluding hydrogens is 226 g/mol. The predicted octanol–water partition coefficient (Wildman–Crippen LogP) is 2.73. The van der Waals surface area contributed by atoms with Crippen LogP contribution >= 0.6 is 0 Å². The summed E-state index contributed by atoms with van der Waals surface area (Å²) in [5, 5.41) is 3.08. The molecule has 1 N–H and O–H groups in total. The SMILES string of the molecule is CC(C)c1cc(=O)n2[nH]c(CC(C)(C)C)nc2c1. The van der Waals surface area contributed by atoms with Crippen LogP contribution in [0.4, 0.5) is 0 Å². The highest BCUT2D eigenvalue weighted by Gasteiger charge is 2.15. The van der Waals surface area contributed by atoms with Gasteiger partial charge in [-0.1, -0.05) is 34.6 Å². The van der Waals surface area contributed by atoms with E-state index in [1.165, 1.54) is 4.52 Å². The summed E-state index contributed by atoms with van der Waals surface area (Å²) >= 11 is 0. The van der Waals surface area contributed by atoms with Crippen molar-refractivity contribution in [3.8, 4) is 0 Å². The lowest BCUT2D eigenvalue weighted by Gasteiger charge is -2.15. The van der Waals surface area contributed by atoms with E-state index < -0.39 is 0 Å². The zero-order valence-electron chi connectivity index (χ0n) is 11.7. The minimum Gasteiger partial charge on any atom is -0.276 e. The highest BCUT2D eigenvalue weighted by molar-refractivity contribution is 5.41. The number of hydrogen-bond donors (Lipinski definition) is 1. The third-order valence-corrected chi connectivity index (χ3v) is 2.89. The molecule has 2 aromatic rings. The molecule has 0 aliphatic rings. The molecule has 4 heteroatoms. The zero-order chi connectivity index (χ0) is 13.5. The van der Waals surface area contributed by atoms with E-state index in [0.717, 1.165) is 17.8 Å². The number of aromatic nitrogens is 3. The minimum atomic E-state index is -0.0381. The average molecular weight is 247 g/mol. The predicted molar refractivity (Wildman–Crippen MR) is 73.1 cm³/mol. The van der Waals surface area contributed by atoms with Crippen molar-refractivity contribution in [1.82, 2.24) is 14.6 Å². The largest absolute Gasteiger partial charge is 0.276 e. The molecule has 2 aromatic heterocycles. The van der Waals surface area contributed by atoms with E-state index in [2.05, 4.69) is 44.7 Å². The van der Waals surface area contributed by atoms with Crippen molar-refractivity contribution < 1.29 is 0 Å². The van der Waals surface area contributed by atoms with Gasteiger partial charge >= 0.3 is 0 Å². The van der Waals surface area contributed by atoms with Crippen LogP contribution in [0.1, 0.15) is 51.9 Å². The summed E-state index contributed by atoms with van der Waals surface area (Å²) < 4.78 is 1.52. The lowest BCUT2D eigenvalue weighted by molar-refractivity contribution is 0.400. The molecule has 0 saturated carbocycles.